The van der Waals surface area contributed by atoms with E-state index in [0.29, 0.717) is 0 Å². The third-order valence-corrected chi connectivity index (χ3v) is 1.26. The topological polar surface area (TPSA) is 105 Å². The Labute approximate surface area is 79.9 Å². The van der Waals surface area contributed by atoms with Crippen LogP contribution in [0.15, 0.2) is 25.0 Å². The van der Waals surface area contributed by atoms with E-state index in [2.05, 4.69) is 19.9 Å². The summed E-state index contributed by atoms with van der Waals surface area (Å²) in [5.74, 6) is 0. The van der Waals surface area contributed by atoms with Crippen molar-refractivity contribution in [2.45, 2.75) is 0 Å². The Morgan fingerprint density at radius 1 is 1.21 bits per heavy atom. The van der Waals surface area contributed by atoms with Gasteiger partial charge in [-0.15, -0.1) is 0 Å². The van der Waals surface area contributed by atoms with Gasteiger partial charge in [0.15, 0.2) is 11.4 Å². The van der Waals surface area contributed by atoms with Crippen LogP contribution in [0.4, 0.5) is 0 Å². The number of hydrogen-bond donors (Lipinski definition) is 2. The van der Waals surface area contributed by atoms with Crippen molar-refractivity contribution >= 4 is 0 Å². The second kappa shape index (κ2) is 5.12. The molecule has 0 aliphatic heterocycles. The van der Waals surface area contributed by atoms with Crippen LogP contribution >= 0.6 is 0 Å². The average Bonchev–Trinajstić information content (AvgIpc) is 2.91. The molecule has 0 unspecified atom stereocenters. The lowest BCUT2D eigenvalue weighted by molar-refractivity contribution is 1.29. The summed E-state index contributed by atoms with van der Waals surface area (Å²) in [5.41, 5.74) is 0.370. The SMILES string of the molecule is N#Cc1nc[nH]c1C#N.c1c[nH]cn1. The monoisotopic (exact) mass is 186 g/mol. The van der Waals surface area contributed by atoms with Crippen molar-refractivity contribution in [1.29, 1.82) is 10.5 Å². The molecule has 0 aromatic carbocycles. The zero-order valence-electron chi connectivity index (χ0n) is 7.10. The van der Waals surface area contributed by atoms with Crippen LogP contribution in [0.2, 0.25) is 0 Å². The zero-order chi connectivity index (χ0) is 10.2. The van der Waals surface area contributed by atoms with Crippen molar-refractivity contribution in [2.24, 2.45) is 0 Å². The Balaban J connectivity index is 0.000000165. The Morgan fingerprint density at radius 2 is 2.07 bits per heavy atom. The molecule has 0 atom stereocenters. The van der Waals surface area contributed by atoms with Crippen LogP contribution in [0, 0.1) is 22.7 Å². The van der Waals surface area contributed by atoms with Crippen LogP contribution in [0.3, 0.4) is 0 Å². The van der Waals surface area contributed by atoms with Gasteiger partial charge < -0.3 is 9.97 Å². The van der Waals surface area contributed by atoms with Gasteiger partial charge in [0.1, 0.15) is 12.1 Å². The summed E-state index contributed by atoms with van der Waals surface area (Å²) in [4.78, 5) is 12.5. The van der Waals surface area contributed by atoms with E-state index in [1.165, 1.54) is 6.33 Å². The van der Waals surface area contributed by atoms with Gasteiger partial charge in [-0.3, -0.25) is 0 Å². The van der Waals surface area contributed by atoms with Gasteiger partial charge in [-0.25, -0.2) is 9.97 Å². The minimum atomic E-state index is 0.150. The Morgan fingerprint density at radius 3 is 2.43 bits per heavy atom. The predicted molar refractivity (Wildman–Crippen MR) is 46.6 cm³/mol. The molecule has 2 N–H and O–H groups in total. The molecule has 2 heterocycles. The predicted octanol–water partition coefficient (Wildman–Crippen LogP) is 0.563. The summed E-state index contributed by atoms with van der Waals surface area (Å²) in [6, 6.07) is 3.55. The highest BCUT2D eigenvalue weighted by atomic mass is 14.9. The molecule has 0 saturated heterocycles. The smallest absolute Gasteiger partial charge is 0.176 e. The summed E-state index contributed by atoms with van der Waals surface area (Å²) in [6.07, 6.45) is 6.40. The lowest BCUT2D eigenvalue weighted by Crippen LogP contribution is -1.77. The molecule has 2 rings (SSSR count). The summed E-state index contributed by atoms with van der Waals surface area (Å²) >= 11 is 0. The van der Waals surface area contributed by atoms with E-state index in [1.807, 2.05) is 0 Å². The number of aromatic amines is 2. The van der Waals surface area contributed by atoms with Crippen LogP contribution < -0.4 is 0 Å². The van der Waals surface area contributed by atoms with E-state index in [4.69, 9.17) is 10.5 Å². The normalized spacial score (nSPS) is 7.86. The largest absolute Gasteiger partial charge is 0.351 e. The summed E-state index contributed by atoms with van der Waals surface area (Å²) < 4.78 is 0. The van der Waals surface area contributed by atoms with Crippen LogP contribution in [0.5, 0.6) is 0 Å². The van der Waals surface area contributed by atoms with E-state index in [9.17, 15) is 0 Å². The molecule has 0 aliphatic rings. The number of imidazole rings is 2. The molecular formula is C8H6N6. The molecule has 0 saturated carbocycles. The highest BCUT2D eigenvalue weighted by molar-refractivity contribution is 5.34. The quantitative estimate of drug-likeness (QED) is 0.627. The molecule has 2 aromatic rings. The number of aromatic nitrogens is 4. The minimum absolute atomic E-state index is 0.150. The molecule has 0 radical (unpaired) electrons. The maximum absolute atomic E-state index is 8.27. The first-order valence-electron chi connectivity index (χ1n) is 3.64. The number of hydrogen-bond acceptors (Lipinski definition) is 4. The second-order valence-corrected chi connectivity index (χ2v) is 2.11. The fourth-order valence-corrected chi connectivity index (χ4v) is 0.679. The highest BCUT2D eigenvalue weighted by Crippen LogP contribution is 1.95. The van der Waals surface area contributed by atoms with Crippen molar-refractivity contribution in [3.05, 3.63) is 36.4 Å². The van der Waals surface area contributed by atoms with Crippen LogP contribution in [0.25, 0.3) is 0 Å². The molecule has 6 nitrogen and oxygen atoms in total. The van der Waals surface area contributed by atoms with E-state index < -0.39 is 0 Å². The minimum Gasteiger partial charge on any atom is -0.351 e. The molecule has 0 aliphatic carbocycles. The van der Waals surface area contributed by atoms with Gasteiger partial charge in [0, 0.05) is 12.4 Å². The van der Waals surface area contributed by atoms with E-state index in [1.54, 1.807) is 30.9 Å². The molecule has 0 bridgehead atoms. The maximum Gasteiger partial charge on any atom is 0.176 e. The van der Waals surface area contributed by atoms with Crippen molar-refractivity contribution in [1.82, 2.24) is 19.9 Å². The van der Waals surface area contributed by atoms with E-state index in [0.717, 1.165) is 0 Å². The summed E-state index contributed by atoms with van der Waals surface area (Å²) in [6.45, 7) is 0. The van der Waals surface area contributed by atoms with Gasteiger partial charge in [-0.2, -0.15) is 10.5 Å². The third-order valence-electron chi connectivity index (χ3n) is 1.26. The van der Waals surface area contributed by atoms with Gasteiger partial charge in [0.2, 0.25) is 0 Å². The van der Waals surface area contributed by atoms with Gasteiger partial charge in [0.05, 0.1) is 12.7 Å². The molecule has 2 aromatic heterocycles. The molecule has 0 amide bonds. The Bertz CT molecular complexity index is 395. The van der Waals surface area contributed by atoms with Crippen molar-refractivity contribution in [2.75, 3.05) is 0 Å². The van der Waals surface area contributed by atoms with E-state index in [-0.39, 0.29) is 11.4 Å². The number of nitriles is 2. The first-order chi connectivity index (χ1) is 6.88. The summed E-state index contributed by atoms with van der Waals surface area (Å²) in [5, 5.41) is 16.5. The van der Waals surface area contributed by atoms with Gasteiger partial charge in [0.25, 0.3) is 0 Å². The third kappa shape index (κ3) is 2.47. The number of H-pyrrole nitrogens is 2. The molecule has 0 fully saturated rings. The zero-order valence-corrected chi connectivity index (χ0v) is 7.10. The van der Waals surface area contributed by atoms with Crippen molar-refractivity contribution in [3.8, 4) is 12.1 Å². The van der Waals surface area contributed by atoms with Gasteiger partial charge in [-0.05, 0) is 0 Å². The first kappa shape index (κ1) is 9.49. The van der Waals surface area contributed by atoms with Crippen molar-refractivity contribution in [3.63, 3.8) is 0 Å². The standard InChI is InChI=1S/C5H2N4.C3H4N2/c6-1-4-5(2-7)9-3-8-4;1-2-5-3-4-1/h3H,(H,8,9);1-3H,(H,4,5). The van der Waals surface area contributed by atoms with Crippen LogP contribution in [0.1, 0.15) is 11.4 Å². The fourth-order valence-electron chi connectivity index (χ4n) is 0.679. The number of nitrogens with zero attached hydrogens (tertiary/aromatic N) is 4. The highest BCUT2D eigenvalue weighted by Gasteiger charge is 1.99. The number of nitrogens with one attached hydrogen (secondary N) is 2. The fraction of sp³-hybridized carbons (Fsp3) is 0. The van der Waals surface area contributed by atoms with E-state index >= 15 is 0 Å². The average molecular weight is 186 g/mol. The van der Waals surface area contributed by atoms with Gasteiger partial charge >= 0.3 is 0 Å². The molecule has 14 heavy (non-hydrogen) atoms. The number of rotatable bonds is 0. The van der Waals surface area contributed by atoms with Gasteiger partial charge in [-0.1, -0.05) is 0 Å². The Hall–Kier alpha value is -2.60. The van der Waals surface area contributed by atoms with Crippen molar-refractivity contribution < 1.29 is 0 Å². The molecule has 0 spiro atoms. The first-order valence-corrected chi connectivity index (χ1v) is 3.64. The second-order valence-electron chi connectivity index (χ2n) is 2.11. The maximum atomic E-state index is 8.27. The lowest BCUT2D eigenvalue weighted by atomic mass is 10.4. The molecular weight excluding hydrogens is 180 g/mol. The summed E-state index contributed by atoms with van der Waals surface area (Å²) in [7, 11) is 0. The Kier molecular flexibility index (Phi) is 3.47. The van der Waals surface area contributed by atoms with Crippen LogP contribution in [-0.2, 0) is 0 Å². The molecule has 68 valence electrons. The molecule has 6 heteroatoms. The van der Waals surface area contributed by atoms with Crippen LogP contribution in [-0.4, -0.2) is 19.9 Å². The lowest BCUT2D eigenvalue weighted by Gasteiger charge is -1.73.